The van der Waals surface area contributed by atoms with E-state index >= 15 is 0 Å². The Kier molecular flexibility index (Phi) is 3.96. The minimum Gasteiger partial charge on any atom is -0.324 e. The second-order valence-electron chi connectivity index (χ2n) is 6.00. The molecule has 0 fully saturated rings. The van der Waals surface area contributed by atoms with Gasteiger partial charge in [-0.1, -0.05) is 31.2 Å². The van der Waals surface area contributed by atoms with Crippen molar-refractivity contribution < 1.29 is 4.79 Å². The Morgan fingerprint density at radius 1 is 1.15 bits per heavy atom. The summed E-state index contributed by atoms with van der Waals surface area (Å²) in [4.78, 5) is 29.1. The first-order chi connectivity index (χ1) is 12.7. The van der Waals surface area contributed by atoms with E-state index in [1.54, 1.807) is 0 Å². The van der Waals surface area contributed by atoms with Gasteiger partial charge in [0.25, 0.3) is 0 Å². The van der Waals surface area contributed by atoms with Gasteiger partial charge in [-0.25, -0.2) is 18.9 Å². The fourth-order valence-electron chi connectivity index (χ4n) is 2.91. The minimum atomic E-state index is -0.393. The first-order valence-corrected chi connectivity index (χ1v) is 8.37. The van der Waals surface area contributed by atoms with Gasteiger partial charge in [0.05, 0.1) is 5.52 Å². The fraction of sp³-hybridized carbons (Fsp3) is 0.158. The van der Waals surface area contributed by atoms with Crippen molar-refractivity contribution in [1.29, 1.82) is 0 Å². The number of anilines is 1. The van der Waals surface area contributed by atoms with Gasteiger partial charge in [-0.15, -0.1) is 5.10 Å². The van der Waals surface area contributed by atoms with Crippen molar-refractivity contribution in [3.8, 4) is 0 Å². The molecule has 0 aliphatic carbocycles. The number of amides is 1. The molecule has 0 unspecified atom stereocenters. The van der Waals surface area contributed by atoms with E-state index in [0.717, 1.165) is 27.6 Å². The van der Waals surface area contributed by atoms with Crippen LogP contribution in [0.15, 0.2) is 59.7 Å². The molecule has 0 saturated heterocycles. The summed E-state index contributed by atoms with van der Waals surface area (Å²) in [5.74, 6) is -0.305. The summed E-state index contributed by atoms with van der Waals surface area (Å²) in [5, 5.41) is 7.90. The number of para-hydroxylation sites is 1. The van der Waals surface area contributed by atoms with E-state index in [9.17, 15) is 9.59 Å². The van der Waals surface area contributed by atoms with E-state index in [1.807, 2.05) is 48.5 Å². The Morgan fingerprint density at radius 2 is 2.00 bits per heavy atom. The van der Waals surface area contributed by atoms with Crippen molar-refractivity contribution in [3.05, 3.63) is 70.9 Å². The van der Waals surface area contributed by atoms with Crippen LogP contribution in [0, 0.1) is 0 Å². The van der Waals surface area contributed by atoms with Crippen LogP contribution in [0.2, 0.25) is 0 Å². The van der Waals surface area contributed by atoms with E-state index < -0.39 is 5.69 Å². The summed E-state index contributed by atoms with van der Waals surface area (Å²) in [7, 11) is 0. The summed E-state index contributed by atoms with van der Waals surface area (Å²) in [6.45, 7) is 1.89. The number of carbonyl (C=O) groups excluding carboxylic acids is 1. The van der Waals surface area contributed by atoms with E-state index in [1.165, 1.54) is 10.7 Å². The third-order valence-corrected chi connectivity index (χ3v) is 4.24. The van der Waals surface area contributed by atoms with Crippen LogP contribution < -0.4 is 11.0 Å². The Labute approximate surface area is 148 Å². The molecule has 0 radical (unpaired) electrons. The highest BCUT2D eigenvalue weighted by Gasteiger charge is 2.13. The first kappa shape index (κ1) is 16.0. The normalized spacial score (nSPS) is 11.1. The number of fused-ring (bicyclic) bond motifs is 3. The Bertz CT molecular complexity index is 1180. The predicted octanol–water partition coefficient (Wildman–Crippen LogP) is 2.25. The zero-order chi connectivity index (χ0) is 18.1. The van der Waals surface area contributed by atoms with Crippen molar-refractivity contribution in [2.45, 2.75) is 19.9 Å². The van der Waals surface area contributed by atoms with Crippen molar-refractivity contribution in [3.63, 3.8) is 0 Å². The molecule has 26 heavy (non-hydrogen) atoms. The Hall–Kier alpha value is -3.48. The van der Waals surface area contributed by atoms with Gasteiger partial charge in [-0.05, 0) is 36.2 Å². The molecule has 1 N–H and O–H groups in total. The SMILES string of the molecule is CCc1cccc(NC(=O)Cn2nc3c4ccccc4ncn3c2=O)c1. The van der Waals surface area contributed by atoms with Crippen LogP contribution >= 0.6 is 0 Å². The van der Waals surface area contributed by atoms with Crippen molar-refractivity contribution in [2.75, 3.05) is 5.32 Å². The minimum absolute atomic E-state index is 0.162. The highest BCUT2D eigenvalue weighted by atomic mass is 16.2. The maximum absolute atomic E-state index is 12.5. The van der Waals surface area contributed by atoms with Gasteiger partial charge < -0.3 is 5.32 Å². The second-order valence-corrected chi connectivity index (χ2v) is 6.00. The number of nitrogens with one attached hydrogen (secondary N) is 1. The molecular formula is C19H17N5O2. The first-order valence-electron chi connectivity index (χ1n) is 8.37. The largest absolute Gasteiger partial charge is 0.352 e. The topological polar surface area (TPSA) is 81.3 Å². The highest BCUT2D eigenvalue weighted by molar-refractivity contribution is 5.92. The lowest BCUT2D eigenvalue weighted by Gasteiger charge is -2.06. The summed E-state index contributed by atoms with van der Waals surface area (Å²) in [5.41, 5.74) is 2.68. The average molecular weight is 347 g/mol. The number of hydrogen-bond acceptors (Lipinski definition) is 4. The number of hydrogen-bond donors (Lipinski definition) is 1. The van der Waals surface area contributed by atoms with E-state index in [4.69, 9.17) is 0 Å². The summed E-state index contributed by atoms with van der Waals surface area (Å²) in [6.07, 6.45) is 2.32. The number of aryl methyl sites for hydroxylation is 1. The molecule has 1 amide bonds. The monoisotopic (exact) mass is 347 g/mol. The lowest BCUT2D eigenvalue weighted by molar-refractivity contribution is -0.117. The molecule has 130 valence electrons. The molecule has 0 atom stereocenters. The smallest absolute Gasteiger partial charge is 0.324 e. The third kappa shape index (κ3) is 2.83. The lowest BCUT2D eigenvalue weighted by Crippen LogP contribution is -2.28. The molecule has 0 bridgehead atoms. The van der Waals surface area contributed by atoms with Gasteiger partial charge in [0.1, 0.15) is 12.9 Å². The van der Waals surface area contributed by atoms with Crippen LogP contribution in [0.4, 0.5) is 5.69 Å². The standard InChI is InChI=1S/C19H17N5O2/c1-2-13-6-5-7-14(10-13)21-17(25)11-24-19(26)23-12-20-16-9-4-3-8-15(16)18(23)22-24/h3-10,12H,2,11H2,1H3,(H,21,25). The molecule has 4 aromatic rings. The van der Waals surface area contributed by atoms with E-state index in [0.29, 0.717) is 11.3 Å². The third-order valence-electron chi connectivity index (χ3n) is 4.24. The average Bonchev–Trinajstić information content (AvgIpc) is 2.98. The lowest BCUT2D eigenvalue weighted by atomic mass is 10.1. The number of rotatable bonds is 4. The van der Waals surface area contributed by atoms with Crippen molar-refractivity contribution in [2.24, 2.45) is 0 Å². The summed E-state index contributed by atoms with van der Waals surface area (Å²) < 4.78 is 2.51. The Morgan fingerprint density at radius 3 is 2.85 bits per heavy atom. The molecular weight excluding hydrogens is 330 g/mol. The second kappa shape index (κ2) is 6.44. The molecule has 7 nitrogen and oxygen atoms in total. The van der Waals surface area contributed by atoms with E-state index in [-0.39, 0.29) is 12.5 Å². The zero-order valence-corrected chi connectivity index (χ0v) is 14.2. The summed E-state index contributed by atoms with van der Waals surface area (Å²) in [6, 6.07) is 15.1. The highest BCUT2D eigenvalue weighted by Crippen LogP contribution is 2.14. The maximum Gasteiger partial charge on any atom is 0.352 e. The van der Waals surface area contributed by atoms with Crippen LogP contribution in [0.5, 0.6) is 0 Å². The fourth-order valence-corrected chi connectivity index (χ4v) is 2.91. The molecule has 2 aromatic heterocycles. The van der Waals surface area contributed by atoms with Gasteiger partial charge in [0.2, 0.25) is 5.91 Å². The van der Waals surface area contributed by atoms with Gasteiger partial charge >= 0.3 is 5.69 Å². The van der Waals surface area contributed by atoms with Crippen LogP contribution in [0.3, 0.4) is 0 Å². The molecule has 4 rings (SSSR count). The molecule has 0 saturated carbocycles. The van der Waals surface area contributed by atoms with Crippen LogP contribution in [-0.2, 0) is 17.8 Å². The van der Waals surface area contributed by atoms with Gasteiger partial charge in [0, 0.05) is 11.1 Å². The predicted molar refractivity (Wildman–Crippen MR) is 99.2 cm³/mol. The quantitative estimate of drug-likeness (QED) is 0.614. The van der Waals surface area contributed by atoms with Crippen molar-refractivity contribution in [1.82, 2.24) is 19.2 Å². The molecule has 0 spiro atoms. The van der Waals surface area contributed by atoms with Gasteiger partial charge in [-0.3, -0.25) is 4.79 Å². The van der Waals surface area contributed by atoms with Crippen LogP contribution in [-0.4, -0.2) is 25.1 Å². The van der Waals surface area contributed by atoms with Gasteiger partial charge in [-0.2, -0.15) is 0 Å². The maximum atomic E-state index is 12.5. The Balaban J connectivity index is 1.64. The molecule has 0 aliphatic rings. The number of nitrogens with zero attached hydrogens (tertiary/aromatic N) is 4. The number of aromatic nitrogens is 4. The molecule has 2 aromatic carbocycles. The zero-order valence-electron chi connectivity index (χ0n) is 14.2. The van der Waals surface area contributed by atoms with Gasteiger partial charge in [0.15, 0.2) is 5.65 Å². The van der Waals surface area contributed by atoms with Crippen LogP contribution in [0.1, 0.15) is 12.5 Å². The van der Waals surface area contributed by atoms with Crippen LogP contribution in [0.25, 0.3) is 16.6 Å². The molecule has 7 heteroatoms. The van der Waals surface area contributed by atoms with E-state index in [2.05, 4.69) is 22.3 Å². The number of carbonyl (C=O) groups is 1. The molecule has 2 heterocycles. The number of benzene rings is 2. The molecule has 0 aliphatic heterocycles. The van der Waals surface area contributed by atoms with Crippen molar-refractivity contribution >= 4 is 28.1 Å². The summed E-state index contributed by atoms with van der Waals surface area (Å²) >= 11 is 0.